The van der Waals surface area contributed by atoms with Crippen molar-refractivity contribution in [1.82, 2.24) is 14.8 Å². The van der Waals surface area contributed by atoms with E-state index in [1.54, 1.807) is 6.26 Å². The van der Waals surface area contributed by atoms with Crippen molar-refractivity contribution in [3.63, 3.8) is 0 Å². The predicted molar refractivity (Wildman–Crippen MR) is 96.0 cm³/mol. The average molecular weight is 341 g/mol. The van der Waals surface area contributed by atoms with E-state index in [-0.39, 0.29) is 0 Å². The van der Waals surface area contributed by atoms with E-state index < -0.39 is 0 Å². The first kappa shape index (κ1) is 16.8. The summed E-state index contributed by atoms with van der Waals surface area (Å²) in [6.07, 6.45) is 8.16. The second-order valence-electron chi connectivity index (χ2n) is 7.40. The standard InChI is InChI=1S/C20H27N3O2/c1-22(14-19-3-2-7-25-19)12-17-9-21-10-18-13-23(6-4-20(17)18)11-16-5-8-24-15-16/h2-3,7,9-10,16H,4-6,8,11-15H2,1H3. The summed E-state index contributed by atoms with van der Waals surface area (Å²) in [6.45, 7) is 6.92. The molecule has 0 saturated carbocycles. The summed E-state index contributed by atoms with van der Waals surface area (Å²) in [6, 6.07) is 3.97. The van der Waals surface area contributed by atoms with Crippen molar-refractivity contribution in [3.05, 3.63) is 53.2 Å². The van der Waals surface area contributed by atoms with E-state index >= 15 is 0 Å². The second-order valence-corrected chi connectivity index (χ2v) is 7.40. The van der Waals surface area contributed by atoms with E-state index in [2.05, 4.69) is 28.0 Å². The lowest BCUT2D eigenvalue weighted by molar-refractivity contribution is 0.161. The Bertz CT molecular complexity index is 680. The molecule has 0 spiro atoms. The minimum Gasteiger partial charge on any atom is -0.468 e. The molecule has 0 radical (unpaired) electrons. The van der Waals surface area contributed by atoms with Crippen LogP contribution in [0, 0.1) is 5.92 Å². The number of fused-ring (bicyclic) bond motifs is 1. The quantitative estimate of drug-likeness (QED) is 0.808. The molecule has 1 fully saturated rings. The third-order valence-electron chi connectivity index (χ3n) is 5.29. The Morgan fingerprint density at radius 2 is 2.28 bits per heavy atom. The van der Waals surface area contributed by atoms with Gasteiger partial charge in [-0.3, -0.25) is 14.8 Å². The monoisotopic (exact) mass is 341 g/mol. The molecule has 4 heterocycles. The third-order valence-corrected chi connectivity index (χ3v) is 5.29. The highest BCUT2D eigenvalue weighted by atomic mass is 16.5. The maximum atomic E-state index is 5.52. The molecule has 5 nitrogen and oxygen atoms in total. The maximum Gasteiger partial charge on any atom is 0.117 e. The lowest BCUT2D eigenvalue weighted by atomic mass is 9.96. The van der Waals surface area contributed by atoms with Crippen molar-refractivity contribution in [2.24, 2.45) is 5.92 Å². The number of aromatic nitrogens is 1. The Hall–Kier alpha value is -1.69. The van der Waals surface area contributed by atoms with Crippen LogP contribution in [-0.4, -0.2) is 48.1 Å². The van der Waals surface area contributed by atoms with Crippen molar-refractivity contribution in [2.45, 2.75) is 32.5 Å². The molecule has 0 aliphatic carbocycles. The van der Waals surface area contributed by atoms with Gasteiger partial charge in [0.25, 0.3) is 0 Å². The van der Waals surface area contributed by atoms with Gasteiger partial charge in [-0.1, -0.05) is 0 Å². The summed E-state index contributed by atoms with van der Waals surface area (Å²) in [7, 11) is 2.14. The molecule has 4 rings (SSSR count). The number of pyridine rings is 1. The van der Waals surface area contributed by atoms with Gasteiger partial charge in [-0.2, -0.15) is 0 Å². The Morgan fingerprint density at radius 1 is 1.32 bits per heavy atom. The highest BCUT2D eigenvalue weighted by Crippen LogP contribution is 2.25. The van der Waals surface area contributed by atoms with Crippen molar-refractivity contribution in [1.29, 1.82) is 0 Å². The fourth-order valence-corrected chi connectivity index (χ4v) is 4.03. The Kier molecular flexibility index (Phi) is 5.15. The zero-order valence-electron chi connectivity index (χ0n) is 15.0. The normalized spacial score (nSPS) is 21.0. The van der Waals surface area contributed by atoms with Crippen LogP contribution < -0.4 is 0 Å². The van der Waals surface area contributed by atoms with Crippen LogP contribution in [0.2, 0.25) is 0 Å². The number of rotatable bonds is 6. The van der Waals surface area contributed by atoms with Crippen LogP contribution in [0.4, 0.5) is 0 Å². The van der Waals surface area contributed by atoms with Crippen LogP contribution in [0.3, 0.4) is 0 Å². The van der Waals surface area contributed by atoms with Gasteiger partial charge in [0.15, 0.2) is 0 Å². The summed E-state index contributed by atoms with van der Waals surface area (Å²) < 4.78 is 11.0. The average Bonchev–Trinajstić information content (AvgIpc) is 3.29. The van der Waals surface area contributed by atoms with Gasteiger partial charge in [-0.15, -0.1) is 0 Å². The van der Waals surface area contributed by atoms with Gasteiger partial charge in [-0.25, -0.2) is 0 Å². The summed E-state index contributed by atoms with van der Waals surface area (Å²) in [5, 5.41) is 0. The highest BCUT2D eigenvalue weighted by molar-refractivity contribution is 5.34. The fourth-order valence-electron chi connectivity index (χ4n) is 4.03. The topological polar surface area (TPSA) is 41.7 Å². The largest absolute Gasteiger partial charge is 0.468 e. The highest BCUT2D eigenvalue weighted by Gasteiger charge is 2.24. The third kappa shape index (κ3) is 4.11. The van der Waals surface area contributed by atoms with Gasteiger partial charge in [0.05, 0.1) is 19.4 Å². The van der Waals surface area contributed by atoms with Gasteiger partial charge in [0, 0.05) is 45.2 Å². The lowest BCUT2D eigenvalue weighted by Crippen LogP contribution is -2.35. The maximum absolute atomic E-state index is 5.52. The Labute approximate surface area is 149 Å². The second kappa shape index (κ2) is 7.68. The number of hydrogen-bond donors (Lipinski definition) is 0. The van der Waals surface area contributed by atoms with Gasteiger partial charge in [0.1, 0.15) is 5.76 Å². The number of hydrogen-bond acceptors (Lipinski definition) is 5. The molecule has 0 amide bonds. The van der Waals surface area contributed by atoms with Crippen LogP contribution >= 0.6 is 0 Å². The minimum atomic E-state index is 0.706. The molecule has 1 saturated heterocycles. The Balaban J connectivity index is 1.40. The number of nitrogens with zero attached hydrogens (tertiary/aromatic N) is 3. The smallest absolute Gasteiger partial charge is 0.117 e. The van der Waals surface area contributed by atoms with Gasteiger partial charge >= 0.3 is 0 Å². The summed E-state index contributed by atoms with van der Waals surface area (Å²) >= 11 is 0. The number of ether oxygens (including phenoxy) is 1. The molecule has 2 aromatic rings. The van der Waals surface area contributed by atoms with E-state index in [4.69, 9.17) is 9.15 Å². The molecular weight excluding hydrogens is 314 g/mol. The van der Waals surface area contributed by atoms with Crippen LogP contribution in [0.25, 0.3) is 0 Å². The molecule has 2 aromatic heterocycles. The molecule has 2 aliphatic rings. The number of furan rings is 1. The summed E-state index contributed by atoms with van der Waals surface area (Å²) in [5.41, 5.74) is 4.25. The van der Waals surface area contributed by atoms with E-state index in [9.17, 15) is 0 Å². The van der Waals surface area contributed by atoms with Crippen molar-refractivity contribution >= 4 is 0 Å². The predicted octanol–water partition coefficient (Wildman–Crippen LogP) is 2.70. The van der Waals surface area contributed by atoms with Crippen molar-refractivity contribution in [3.8, 4) is 0 Å². The first-order valence-electron chi connectivity index (χ1n) is 9.23. The molecule has 2 aliphatic heterocycles. The molecule has 0 bridgehead atoms. The van der Waals surface area contributed by atoms with Gasteiger partial charge in [-0.05, 0) is 54.6 Å². The molecule has 1 atom stereocenters. The lowest BCUT2D eigenvalue weighted by Gasteiger charge is -2.31. The van der Waals surface area contributed by atoms with Gasteiger partial charge in [0.2, 0.25) is 0 Å². The molecule has 134 valence electrons. The van der Waals surface area contributed by atoms with E-state index in [1.165, 1.54) is 23.1 Å². The van der Waals surface area contributed by atoms with Crippen molar-refractivity contribution < 1.29 is 9.15 Å². The SMILES string of the molecule is CN(Cc1ccco1)Cc1cncc2c1CCN(CC1CCOC1)C2. The summed E-state index contributed by atoms with van der Waals surface area (Å²) in [4.78, 5) is 9.37. The van der Waals surface area contributed by atoms with Crippen LogP contribution in [0.15, 0.2) is 35.2 Å². The van der Waals surface area contributed by atoms with Crippen LogP contribution in [0.1, 0.15) is 28.9 Å². The first-order valence-corrected chi connectivity index (χ1v) is 9.23. The molecule has 0 N–H and O–H groups in total. The van der Waals surface area contributed by atoms with E-state index in [0.29, 0.717) is 5.92 Å². The minimum absolute atomic E-state index is 0.706. The van der Waals surface area contributed by atoms with Crippen molar-refractivity contribution in [2.75, 3.05) is 33.4 Å². The zero-order chi connectivity index (χ0) is 17.1. The van der Waals surface area contributed by atoms with Gasteiger partial charge < -0.3 is 9.15 Å². The molecular formula is C20H27N3O2. The molecule has 25 heavy (non-hydrogen) atoms. The molecule has 1 unspecified atom stereocenters. The fraction of sp³-hybridized carbons (Fsp3) is 0.550. The van der Waals surface area contributed by atoms with Crippen LogP contribution in [0.5, 0.6) is 0 Å². The first-order chi connectivity index (χ1) is 12.3. The van der Waals surface area contributed by atoms with Crippen LogP contribution in [-0.2, 0) is 30.8 Å². The molecule has 5 heteroatoms. The van der Waals surface area contributed by atoms with E-state index in [0.717, 1.165) is 58.1 Å². The van der Waals surface area contributed by atoms with E-state index in [1.807, 2.05) is 18.3 Å². The Morgan fingerprint density at radius 3 is 3.08 bits per heavy atom. The molecule has 0 aromatic carbocycles. The zero-order valence-corrected chi connectivity index (χ0v) is 15.0. The summed E-state index contributed by atoms with van der Waals surface area (Å²) in [5.74, 6) is 1.71.